The van der Waals surface area contributed by atoms with Gasteiger partial charge in [-0.05, 0) is 61.3 Å². The molecule has 1 aromatic carbocycles. The lowest BCUT2D eigenvalue weighted by atomic mass is 9.96. The maximum Gasteiger partial charge on any atom is 0.137 e. The van der Waals surface area contributed by atoms with Gasteiger partial charge in [0.15, 0.2) is 0 Å². The third-order valence-electron chi connectivity index (χ3n) is 5.01. The second-order valence-corrected chi connectivity index (χ2v) is 6.57. The smallest absolute Gasteiger partial charge is 0.137 e. The Morgan fingerprint density at radius 2 is 2.10 bits per heavy atom. The molecular weight excluding hydrogens is 270 g/mol. The SMILES string of the molecule is CCCNC(c1ccc(Cl)c(OC)c1)C1C2CCCC21. The molecule has 2 aliphatic carbocycles. The summed E-state index contributed by atoms with van der Waals surface area (Å²) in [4.78, 5) is 0. The molecule has 110 valence electrons. The van der Waals surface area contributed by atoms with Gasteiger partial charge in [0.2, 0.25) is 0 Å². The Hall–Kier alpha value is -0.730. The van der Waals surface area contributed by atoms with Gasteiger partial charge < -0.3 is 10.1 Å². The van der Waals surface area contributed by atoms with Crippen molar-refractivity contribution in [2.24, 2.45) is 17.8 Å². The van der Waals surface area contributed by atoms with Crippen molar-refractivity contribution in [1.82, 2.24) is 5.32 Å². The van der Waals surface area contributed by atoms with Gasteiger partial charge in [0.25, 0.3) is 0 Å². The average Bonchev–Trinajstić information content (AvgIpc) is 2.93. The van der Waals surface area contributed by atoms with Crippen molar-refractivity contribution in [3.8, 4) is 5.75 Å². The van der Waals surface area contributed by atoms with Gasteiger partial charge in [-0.15, -0.1) is 0 Å². The largest absolute Gasteiger partial charge is 0.495 e. The molecule has 1 aromatic rings. The van der Waals surface area contributed by atoms with E-state index in [0.717, 1.165) is 30.0 Å². The van der Waals surface area contributed by atoms with Crippen LogP contribution in [0.5, 0.6) is 5.75 Å². The van der Waals surface area contributed by atoms with Gasteiger partial charge in [-0.1, -0.05) is 31.0 Å². The predicted molar refractivity (Wildman–Crippen MR) is 83.4 cm³/mol. The summed E-state index contributed by atoms with van der Waals surface area (Å²) in [6, 6.07) is 6.71. The summed E-state index contributed by atoms with van der Waals surface area (Å²) in [7, 11) is 1.69. The Kier molecular flexibility index (Phi) is 4.23. The summed E-state index contributed by atoms with van der Waals surface area (Å²) >= 11 is 6.15. The Balaban J connectivity index is 1.81. The predicted octanol–water partition coefficient (Wildman–Crippen LogP) is 4.44. The standard InChI is InChI=1S/C17H24ClNO/c1-3-9-19-17(16-12-5-4-6-13(12)16)11-7-8-14(18)15(10-11)20-2/h7-8,10,12-13,16-17,19H,3-6,9H2,1-2H3. The Morgan fingerprint density at radius 1 is 1.35 bits per heavy atom. The maximum absolute atomic E-state index is 6.15. The highest BCUT2D eigenvalue weighted by Gasteiger charge is 2.55. The monoisotopic (exact) mass is 293 g/mol. The Morgan fingerprint density at radius 3 is 2.75 bits per heavy atom. The normalized spacial score (nSPS) is 29.1. The maximum atomic E-state index is 6.15. The first-order chi connectivity index (χ1) is 9.76. The minimum absolute atomic E-state index is 0.469. The molecule has 3 heteroatoms. The third kappa shape index (κ3) is 2.56. The number of rotatable bonds is 6. The molecule has 3 unspecified atom stereocenters. The quantitative estimate of drug-likeness (QED) is 0.837. The Labute approximate surface area is 126 Å². The molecule has 0 heterocycles. The lowest BCUT2D eigenvalue weighted by Crippen LogP contribution is -2.25. The van der Waals surface area contributed by atoms with Crippen LogP contribution < -0.4 is 10.1 Å². The van der Waals surface area contributed by atoms with Crippen molar-refractivity contribution in [2.75, 3.05) is 13.7 Å². The average molecular weight is 294 g/mol. The number of halogens is 1. The van der Waals surface area contributed by atoms with E-state index in [4.69, 9.17) is 16.3 Å². The van der Waals surface area contributed by atoms with Crippen molar-refractivity contribution in [3.63, 3.8) is 0 Å². The van der Waals surface area contributed by atoms with E-state index in [1.807, 2.05) is 6.07 Å². The third-order valence-corrected chi connectivity index (χ3v) is 5.32. The zero-order valence-electron chi connectivity index (χ0n) is 12.4. The fraction of sp³-hybridized carbons (Fsp3) is 0.647. The van der Waals surface area contributed by atoms with E-state index in [1.165, 1.54) is 31.2 Å². The molecule has 0 bridgehead atoms. The van der Waals surface area contributed by atoms with Gasteiger partial charge in [-0.2, -0.15) is 0 Å². The van der Waals surface area contributed by atoms with Crippen molar-refractivity contribution < 1.29 is 4.74 Å². The van der Waals surface area contributed by atoms with E-state index < -0.39 is 0 Å². The first-order valence-corrected chi connectivity index (χ1v) is 8.21. The highest BCUT2D eigenvalue weighted by Crippen LogP contribution is 2.62. The fourth-order valence-corrected chi connectivity index (χ4v) is 4.21. The van der Waals surface area contributed by atoms with Crippen LogP contribution in [0.2, 0.25) is 5.02 Å². The zero-order valence-corrected chi connectivity index (χ0v) is 13.1. The van der Waals surface area contributed by atoms with Crippen molar-refractivity contribution in [2.45, 2.75) is 38.6 Å². The van der Waals surface area contributed by atoms with Crippen LogP contribution in [0.4, 0.5) is 0 Å². The summed E-state index contributed by atoms with van der Waals surface area (Å²) in [5.74, 6) is 3.51. The van der Waals surface area contributed by atoms with Crippen LogP contribution in [0.1, 0.15) is 44.2 Å². The molecule has 0 saturated heterocycles. The fourth-order valence-electron chi connectivity index (χ4n) is 4.02. The number of methoxy groups -OCH3 is 1. The van der Waals surface area contributed by atoms with Gasteiger partial charge in [0.05, 0.1) is 12.1 Å². The van der Waals surface area contributed by atoms with Gasteiger partial charge in [0.1, 0.15) is 5.75 Å². The molecule has 2 fully saturated rings. The van der Waals surface area contributed by atoms with E-state index in [-0.39, 0.29) is 0 Å². The number of hydrogen-bond acceptors (Lipinski definition) is 2. The minimum Gasteiger partial charge on any atom is -0.495 e. The molecule has 2 nitrogen and oxygen atoms in total. The number of fused-ring (bicyclic) bond motifs is 1. The van der Waals surface area contributed by atoms with E-state index in [2.05, 4.69) is 24.4 Å². The van der Waals surface area contributed by atoms with Crippen LogP contribution in [0.15, 0.2) is 18.2 Å². The zero-order chi connectivity index (χ0) is 14.1. The molecule has 20 heavy (non-hydrogen) atoms. The molecule has 0 aromatic heterocycles. The van der Waals surface area contributed by atoms with Crippen LogP contribution in [-0.4, -0.2) is 13.7 Å². The van der Waals surface area contributed by atoms with Crippen LogP contribution in [0.3, 0.4) is 0 Å². The second-order valence-electron chi connectivity index (χ2n) is 6.16. The van der Waals surface area contributed by atoms with Crippen LogP contribution in [0, 0.1) is 17.8 Å². The summed E-state index contributed by atoms with van der Waals surface area (Å²) < 4.78 is 5.37. The molecule has 0 aliphatic heterocycles. The molecule has 0 amide bonds. The van der Waals surface area contributed by atoms with Gasteiger partial charge >= 0.3 is 0 Å². The number of ether oxygens (including phenoxy) is 1. The molecule has 0 radical (unpaired) electrons. The molecule has 3 atom stereocenters. The first-order valence-electron chi connectivity index (χ1n) is 7.83. The summed E-state index contributed by atoms with van der Waals surface area (Å²) in [5.41, 5.74) is 1.33. The lowest BCUT2D eigenvalue weighted by molar-refractivity contribution is 0.402. The van der Waals surface area contributed by atoms with Gasteiger partial charge in [-0.3, -0.25) is 0 Å². The van der Waals surface area contributed by atoms with Gasteiger partial charge in [-0.25, -0.2) is 0 Å². The van der Waals surface area contributed by atoms with Crippen LogP contribution in [0.25, 0.3) is 0 Å². The summed E-state index contributed by atoms with van der Waals surface area (Å²) in [5, 5.41) is 4.44. The number of hydrogen-bond donors (Lipinski definition) is 1. The van der Waals surface area contributed by atoms with Gasteiger partial charge in [0, 0.05) is 6.04 Å². The van der Waals surface area contributed by atoms with E-state index in [0.29, 0.717) is 11.1 Å². The van der Waals surface area contributed by atoms with E-state index in [1.54, 1.807) is 7.11 Å². The van der Waals surface area contributed by atoms with E-state index in [9.17, 15) is 0 Å². The topological polar surface area (TPSA) is 21.3 Å². The molecule has 2 saturated carbocycles. The second kappa shape index (κ2) is 5.95. The lowest BCUT2D eigenvalue weighted by Gasteiger charge is -2.22. The minimum atomic E-state index is 0.469. The number of nitrogens with one attached hydrogen (secondary N) is 1. The van der Waals surface area contributed by atoms with Crippen molar-refractivity contribution >= 4 is 11.6 Å². The molecule has 0 spiro atoms. The molecular formula is C17H24ClNO. The number of benzene rings is 1. The Bertz CT molecular complexity index is 466. The van der Waals surface area contributed by atoms with Crippen LogP contribution >= 0.6 is 11.6 Å². The summed E-state index contributed by atoms with van der Waals surface area (Å²) in [6.45, 7) is 3.30. The molecule has 3 rings (SSSR count). The highest BCUT2D eigenvalue weighted by atomic mass is 35.5. The first kappa shape index (κ1) is 14.2. The molecule has 2 aliphatic rings. The molecule has 1 N–H and O–H groups in total. The van der Waals surface area contributed by atoms with Crippen molar-refractivity contribution in [1.29, 1.82) is 0 Å². The highest BCUT2D eigenvalue weighted by molar-refractivity contribution is 6.32. The van der Waals surface area contributed by atoms with Crippen molar-refractivity contribution in [3.05, 3.63) is 28.8 Å². The van der Waals surface area contributed by atoms with Crippen LogP contribution in [-0.2, 0) is 0 Å². The summed E-state index contributed by atoms with van der Waals surface area (Å²) in [6.07, 6.45) is 5.44. The van der Waals surface area contributed by atoms with E-state index >= 15 is 0 Å².